The van der Waals surface area contributed by atoms with E-state index >= 15 is 0 Å². The molecule has 3 heteroatoms. The molecule has 2 aromatic rings. The molecule has 0 aliphatic rings. The summed E-state index contributed by atoms with van der Waals surface area (Å²) in [6.07, 6.45) is 2.09. The summed E-state index contributed by atoms with van der Waals surface area (Å²) in [4.78, 5) is 1.30. The zero-order valence-corrected chi connectivity index (χ0v) is 12.8. The highest BCUT2D eigenvalue weighted by Gasteiger charge is 2.05. The summed E-state index contributed by atoms with van der Waals surface area (Å²) in [5.41, 5.74) is 2.51. The van der Waals surface area contributed by atoms with Crippen LogP contribution in [0.15, 0.2) is 53.4 Å². The second-order valence-corrected chi connectivity index (χ2v) is 5.82. The molecular formula is C16H18ClNS. The highest BCUT2D eigenvalue weighted by molar-refractivity contribution is 7.98. The van der Waals surface area contributed by atoms with E-state index in [1.807, 2.05) is 18.2 Å². The van der Waals surface area contributed by atoms with E-state index < -0.39 is 0 Å². The van der Waals surface area contributed by atoms with Gasteiger partial charge in [-0.15, -0.1) is 11.8 Å². The average Bonchev–Trinajstić information content (AvgIpc) is 2.45. The van der Waals surface area contributed by atoms with Gasteiger partial charge in [0.1, 0.15) is 0 Å². The molecule has 0 aliphatic carbocycles. The summed E-state index contributed by atoms with van der Waals surface area (Å²) < 4.78 is 0. The fourth-order valence-corrected chi connectivity index (χ4v) is 2.52. The molecule has 0 bridgehead atoms. The molecule has 100 valence electrons. The van der Waals surface area contributed by atoms with Gasteiger partial charge in [-0.2, -0.15) is 0 Å². The van der Waals surface area contributed by atoms with Gasteiger partial charge in [-0.25, -0.2) is 0 Å². The second kappa shape index (κ2) is 6.99. The van der Waals surface area contributed by atoms with Crippen molar-refractivity contribution < 1.29 is 0 Å². The zero-order chi connectivity index (χ0) is 13.7. The maximum Gasteiger partial charge on any atom is 0.0409 e. The minimum absolute atomic E-state index is 0.291. The number of rotatable bonds is 5. The molecule has 1 N–H and O–H groups in total. The van der Waals surface area contributed by atoms with Crippen molar-refractivity contribution in [3.63, 3.8) is 0 Å². The summed E-state index contributed by atoms with van der Waals surface area (Å²) in [5.74, 6) is 0. The molecule has 0 heterocycles. The van der Waals surface area contributed by atoms with E-state index in [1.54, 1.807) is 11.8 Å². The Morgan fingerprint density at radius 2 is 1.89 bits per heavy atom. The van der Waals surface area contributed by atoms with Crippen molar-refractivity contribution >= 4 is 23.4 Å². The maximum absolute atomic E-state index is 6.01. The van der Waals surface area contributed by atoms with Gasteiger partial charge >= 0.3 is 0 Å². The normalized spacial score (nSPS) is 12.4. The van der Waals surface area contributed by atoms with Gasteiger partial charge in [-0.1, -0.05) is 35.9 Å². The van der Waals surface area contributed by atoms with Crippen molar-refractivity contribution in [1.82, 2.24) is 5.32 Å². The van der Waals surface area contributed by atoms with Gasteiger partial charge in [0.25, 0.3) is 0 Å². The van der Waals surface area contributed by atoms with Crippen molar-refractivity contribution in [2.75, 3.05) is 6.26 Å². The monoisotopic (exact) mass is 291 g/mol. The van der Waals surface area contributed by atoms with Crippen LogP contribution in [0.3, 0.4) is 0 Å². The molecule has 1 unspecified atom stereocenters. The van der Waals surface area contributed by atoms with Crippen LogP contribution in [0.1, 0.15) is 24.1 Å². The summed E-state index contributed by atoms with van der Waals surface area (Å²) in [5, 5.41) is 4.30. The van der Waals surface area contributed by atoms with E-state index in [9.17, 15) is 0 Å². The van der Waals surface area contributed by atoms with Crippen molar-refractivity contribution in [2.24, 2.45) is 0 Å². The van der Waals surface area contributed by atoms with Gasteiger partial charge < -0.3 is 5.32 Å². The quantitative estimate of drug-likeness (QED) is 0.785. The molecule has 0 saturated carbocycles. The molecule has 2 rings (SSSR count). The molecule has 0 spiro atoms. The maximum atomic E-state index is 6.01. The summed E-state index contributed by atoms with van der Waals surface area (Å²) in [6.45, 7) is 3.02. The first-order valence-corrected chi connectivity index (χ1v) is 7.91. The first-order valence-electron chi connectivity index (χ1n) is 6.31. The van der Waals surface area contributed by atoms with Crippen molar-refractivity contribution in [3.05, 3.63) is 64.7 Å². The number of halogens is 1. The standard InChI is InChI=1S/C16H18ClNS/c1-12(14-4-3-5-15(17)10-14)18-11-13-6-8-16(19-2)9-7-13/h3-10,12,18H,11H2,1-2H3. The summed E-state index contributed by atoms with van der Waals surface area (Å²) >= 11 is 7.77. The third-order valence-electron chi connectivity index (χ3n) is 3.12. The second-order valence-electron chi connectivity index (χ2n) is 4.51. The van der Waals surface area contributed by atoms with Gasteiger partial charge in [0, 0.05) is 22.5 Å². The van der Waals surface area contributed by atoms with Gasteiger partial charge in [0.15, 0.2) is 0 Å². The molecule has 1 atom stereocenters. The first kappa shape index (κ1) is 14.4. The van der Waals surface area contributed by atoms with Gasteiger partial charge in [0.05, 0.1) is 0 Å². The Hall–Kier alpha value is -0.960. The average molecular weight is 292 g/mol. The Kier molecular flexibility index (Phi) is 5.32. The molecular weight excluding hydrogens is 274 g/mol. The molecule has 19 heavy (non-hydrogen) atoms. The lowest BCUT2D eigenvalue weighted by Crippen LogP contribution is -2.17. The zero-order valence-electron chi connectivity index (χ0n) is 11.2. The Bertz CT molecular complexity index is 525. The van der Waals surface area contributed by atoms with E-state index in [0.717, 1.165) is 11.6 Å². The summed E-state index contributed by atoms with van der Waals surface area (Å²) in [6, 6.07) is 16.9. The fourth-order valence-electron chi connectivity index (χ4n) is 1.91. The van der Waals surface area contributed by atoms with Crippen LogP contribution in [-0.2, 0) is 6.54 Å². The molecule has 0 fully saturated rings. The minimum atomic E-state index is 0.291. The molecule has 0 amide bonds. The molecule has 2 aromatic carbocycles. The van der Waals surface area contributed by atoms with Crippen LogP contribution < -0.4 is 5.32 Å². The smallest absolute Gasteiger partial charge is 0.0409 e. The van der Waals surface area contributed by atoms with E-state index in [4.69, 9.17) is 11.6 Å². The van der Waals surface area contributed by atoms with Gasteiger partial charge in [0.2, 0.25) is 0 Å². The molecule has 0 aliphatic heterocycles. The Morgan fingerprint density at radius 3 is 2.53 bits per heavy atom. The van der Waals surface area contributed by atoms with Crippen LogP contribution in [-0.4, -0.2) is 6.26 Å². The summed E-state index contributed by atoms with van der Waals surface area (Å²) in [7, 11) is 0. The Balaban J connectivity index is 1.94. The van der Waals surface area contributed by atoms with Crippen LogP contribution in [0.25, 0.3) is 0 Å². The van der Waals surface area contributed by atoms with Crippen LogP contribution in [0.5, 0.6) is 0 Å². The third kappa shape index (κ3) is 4.27. The third-order valence-corrected chi connectivity index (χ3v) is 4.10. The molecule has 1 nitrogen and oxygen atoms in total. The largest absolute Gasteiger partial charge is 0.306 e. The van der Waals surface area contributed by atoms with Gasteiger partial charge in [-0.05, 0) is 48.6 Å². The van der Waals surface area contributed by atoms with Gasteiger partial charge in [-0.3, -0.25) is 0 Å². The minimum Gasteiger partial charge on any atom is -0.306 e. The predicted molar refractivity (Wildman–Crippen MR) is 84.9 cm³/mol. The lowest BCUT2D eigenvalue weighted by atomic mass is 10.1. The first-order chi connectivity index (χ1) is 9.19. The number of thioether (sulfide) groups is 1. The lowest BCUT2D eigenvalue weighted by molar-refractivity contribution is 0.574. The van der Waals surface area contributed by atoms with Crippen LogP contribution in [0, 0.1) is 0 Å². The number of nitrogens with one attached hydrogen (secondary N) is 1. The SMILES string of the molecule is CSc1ccc(CNC(C)c2cccc(Cl)c2)cc1. The molecule has 0 saturated heterocycles. The Labute approximate surface area is 124 Å². The van der Waals surface area contributed by atoms with E-state index in [0.29, 0.717) is 6.04 Å². The lowest BCUT2D eigenvalue weighted by Gasteiger charge is -2.14. The fraction of sp³-hybridized carbons (Fsp3) is 0.250. The van der Waals surface area contributed by atoms with Crippen molar-refractivity contribution in [2.45, 2.75) is 24.4 Å². The van der Waals surface area contributed by atoms with Crippen molar-refractivity contribution in [1.29, 1.82) is 0 Å². The van der Waals surface area contributed by atoms with Crippen LogP contribution in [0.2, 0.25) is 5.02 Å². The highest BCUT2D eigenvalue weighted by Crippen LogP contribution is 2.18. The molecule has 0 aromatic heterocycles. The van der Waals surface area contributed by atoms with E-state index in [1.165, 1.54) is 16.0 Å². The Morgan fingerprint density at radius 1 is 1.16 bits per heavy atom. The van der Waals surface area contributed by atoms with Crippen molar-refractivity contribution in [3.8, 4) is 0 Å². The number of hydrogen-bond acceptors (Lipinski definition) is 2. The van der Waals surface area contributed by atoms with E-state index in [-0.39, 0.29) is 0 Å². The van der Waals surface area contributed by atoms with Crippen LogP contribution >= 0.6 is 23.4 Å². The van der Waals surface area contributed by atoms with Crippen LogP contribution in [0.4, 0.5) is 0 Å². The number of hydrogen-bond donors (Lipinski definition) is 1. The highest BCUT2D eigenvalue weighted by atomic mass is 35.5. The molecule has 0 radical (unpaired) electrons. The number of benzene rings is 2. The predicted octanol–water partition coefficient (Wildman–Crippen LogP) is 4.91. The van der Waals surface area contributed by atoms with E-state index in [2.05, 4.69) is 48.8 Å². The topological polar surface area (TPSA) is 12.0 Å².